The first-order valence-corrected chi connectivity index (χ1v) is 13.4. The highest BCUT2D eigenvalue weighted by Gasteiger charge is 2.64. The van der Waals surface area contributed by atoms with Gasteiger partial charge >= 0.3 is 5.97 Å². The number of imide groups is 1. The Hall–Kier alpha value is -4.59. The summed E-state index contributed by atoms with van der Waals surface area (Å²) in [6.45, 7) is 0.890. The molecule has 40 heavy (non-hydrogen) atoms. The third kappa shape index (κ3) is 4.49. The fourth-order valence-electron chi connectivity index (χ4n) is 6.80. The van der Waals surface area contributed by atoms with Crippen LogP contribution in [0.3, 0.4) is 0 Å². The molecule has 8 nitrogen and oxygen atoms in total. The molecule has 5 atom stereocenters. The van der Waals surface area contributed by atoms with Crippen LogP contribution >= 0.6 is 0 Å². The van der Waals surface area contributed by atoms with Gasteiger partial charge in [0.2, 0.25) is 11.8 Å². The molecule has 1 heterocycles. The Bertz CT molecular complexity index is 1530. The van der Waals surface area contributed by atoms with E-state index in [4.69, 9.17) is 4.74 Å². The van der Waals surface area contributed by atoms with E-state index in [0.29, 0.717) is 16.9 Å². The molecular weight excluding hydrogens is 508 g/mol. The zero-order chi connectivity index (χ0) is 28.0. The number of amides is 3. The Kier molecular flexibility index (Phi) is 6.54. The standard InChI is InChI=1S/C32H28N2O6/c1-18(35)20-9-5-11-23(13-20)33-27(36)17-40-32(39)21-10-6-12-24(14-21)34-30(37)28-22-15-25(19-7-3-2-4-8-19)26(16-22)29(28)31(34)38/h2-14,22,25-26,28-29H,15-17H2,1H3,(H,33,36)/t22-,25-,26+,28+,29+/m0/s1. The van der Waals surface area contributed by atoms with Gasteiger partial charge in [0.05, 0.1) is 23.1 Å². The van der Waals surface area contributed by atoms with Gasteiger partial charge in [0.25, 0.3) is 5.91 Å². The Morgan fingerprint density at radius 1 is 0.850 bits per heavy atom. The van der Waals surface area contributed by atoms with Crippen LogP contribution in [-0.2, 0) is 19.1 Å². The van der Waals surface area contributed by atoms with Crippen molar-refractivity contribution in [3.8, 4) is 0 Å². The number of fused-ring (bicyclic) bond motifs is 5. The van der Waals surface area contributed by atoms with Crippen molar-refractivity contribution in [2.45, 2.75) is 25.7 Å². The van der Waals surface area contributed by atoms with E-state index in [1.54, 1.807) is 36.4 Å². The molecule has 6 rings (SSSR count). The van der Waals surface area contributed by atoms with Gasteiger partial charge in [-0.25, -0.2) is 4.79 Å². The number of ketones is 1. The van der Waals surface area contributed by atoms with Crippen molar-refractivity contribution in [3.05, 3.63) is 95.6 Å². The number of anilines is 2. The van der Waals surface area contributed by atoms with E-state index in [1.165, 1.54) is 29.5 Å². The lowest BCUT2D eigenvalue weighted by Crippen LogP contribution is -2.33. The summed E-state index contributed by atoms with van der Waals surface area (Å²) < 4.78 is 5.19. The lowest BCUT2D eigenvalue weighted by Gasteiger charge is -2.28. The van der Waals surface area contributed by atoms with Gasteiger partial charge < -0.3 is 10.1 Å². The molecule has 3 fully saturated rings. The topological polar surface area (TPSA) is 110 Å². The molecule has 8 heteroatoms. The molecule has 2 saturated carbocycles. The first-order chi connectivity index (χ1) is 19.3. The van der Waals surface area contributed by atoms with E-state index < -0.39 is 18.5 Å². The molecule has 3 aromatic rings. The summed E-state index contributed by atoms with van der Waals surface area (Å²) in [5.74, 6) is -1.97. The van der Waals surface area contributed by atoms with Crippen LogP contribution in [0.1, 0.15) is 52.0 Å². The van der Waals surface area contributed by atoms with Gasteiger partial charge in [0, 0.05) is 11.3 Å². The average Bonchev–Trinajstić information content (AvgIpc) is 3.63. The van der Waals surface area contributed by atoms with E-state index in [1.807, 2.05) is 18.2 Å². The zero-order valence-corrected chi connectivity index (χ0v) is 21.9. The minimum Gasteiger partial charge on any atom is -0.452 e. The van der Waals surface area contributed by atoms with Gasteiger partial charge in [-0.3, -0.25) is 24.1 Å². The van der Waals surface area contributed by atoms with Gasteiger partial charge in [0.1, 0.15) is 0 Å². The number of ether oxygens (including phenoxy) is 1. The van der Waals surface area contributed by atoms with Crippen LogP contribution in [0.2, 0.25) is 0 Å². The zero-order valence-electron chi connectivity index (χ0n) is 21.9. The fourth-order valence-corrected chi connectivity index (χ4v) is 6.80. The highest BCUT2D eigenvalue weighted by Crippen LogP contribution is 2.61. The van der Waals surface area contributed by atoms with Crippen LogP contribution < -0.4 is 10.2 Å². The van der Waals surface area contributed by atoms with Crippen LogP contribution in [-0.4, -0.2) is 36.1 Å². The summed E-state index contributed by atoms with van der Waals surface area (Å²) in [6, 6.07) is 22.8. The van der Waals surface area contributed by atoms with E-state index in [2.05, 4.69) is 17.4 Å². The third-order valence-electron chi connectivity index (χ3n) is 8.47. The Morgan fingerprint density at radius 3 is 2.35 bits per heavy atom. The molecule has 3 aliphatic rings. The number of hydrogen-bond donors (Lipinski definition) is 1. The molecule has 3 aromatic carbocycles. The smallest absolute Gasteiger partial charge is 0.338 e. The molecule has 0 radical (unpaired) electrons. The number of carbonyl (C=O) groups excluding carboxylic acids is 5. The molecule has 0 spiro atoms. The largest absolute Gasteiger partial charge is 0.452 e. The molecule has 2 aliphatic carbocycles. The van der Waals surface area contributed by atoms with Crippen molar-refractivity contribution in [2.24, 2.45) is 23.7 Å². The number of esters is 1. The third-order valence-corrected chi connectivity index (χ3v) is 8.47. The summed E-state index contributed by atoms with van der Waals surface area (Å²) in [6.07, 6.45) is 1.78. The minimum atomic E-state index is -0.752. The Labute approximate surface area is 231 Å². The van der Waals surface area contributed by atoms with Gasteiger partial charge in [-0.15, -0.1) is 0 Å². The van der Waals surface area contributed by atoms with Crippen molar-refractivity contribution >= 4 is 40.8 Å². The lowest BCUT2D eigenvalue weighted by molar-refractivity contribution is -0.123. The van der Waals surface area contributed by atoms with Gasteiger partial charge in [-0.1, -0.05) is 48.5 Å². The summed E-state index contributed by atoms with van der Waals surface area (Å²) in [4.78, 5) is 65.0. The van der Waals surface area contributed by atoms with Crippen LogP contribution in [0.5, 0.6) is 0 Å². The Balaban J connectivity index is 1.13. The van der Waals surface area contributed by atoms with Crippen LogP contribution in [0.15, 0.2) is 78.9 Å². The molecule has 0 aromatic heterocycles. The maximum absolute atomic E-state index is 13.6. The van der Waals surface area contributed by atoms with Crippen LogP contribution in [0, 0.1) is 23.7 Å². The Morgan fingerprint density at radius 2 is 1.57 bits per heavy atom. The van der Waals surface area contributed by atoms with Crippen molar-refractivity contribution in [3.63, 3.8) is 0 Å². The van der Waals surface area contributed by atoms with Crippen molar-refractivity contribution in [1.82, 2.24) is 0 Å². The summed E-state index contributed by atoms with van der Waals surface area (Å²) in [7, 11) is 0. The second kappa shape index (κ2) is 10.2. The fraction of sp³-hybridized carbons (Fsp3) is 0.281. The van der Waals surface area contributed by atoms with Crippen LogP contribution in [0.4, 0.5) is 11.4 Å². The minimum absolute atomic E-state index is 0.127. The monoisotopic (exact) mass is 536 g/mol. The number of Topliss-reactive ketones (excluding diaryl/α,β-unsaturated/α-hetero) is 1. The molecule has 202 valence electrons. The predicted octanol–water partition coefficient (Wildman–Crippen LogP) is 4.61. The molecule has 0 unspecified atom stereocenters. The summed E-state index contributed by atoms with van der Waals surface area (Å²) in [5.41, 5.74) is 2.54. The summed E-state index contributed by atoms with van der Waals surface area (Å²) in [5, 5.41) is 2.60. The van der Waals surface area contributed by atoms with Gasteiger partial charge in [-0.05, 0) is 73.4 Å². The highest BCUT2D eigenvalue weighted by atomic mass is 16.5. The SMILES string of the molecule is CC(=O)c1cccc(NC(=O)COC(=O)c2cccc(N3C(=O)[C@@H]4[C@@H]5C[C@@H]([C@H]4C3=O)[C@H](c3ccccc3)C5)c2)c1. The second-order valence-electron chi connectivity index (χ2n) is 10.8. The number of nitrogens with zero attached hydrogens (tertiary/aromatic N) is 1. The molecule has 2 bridgehead atoms. The first-order valence-electron chi connectivity index (χ1n) is 13.4. The molecule has 3 amide bonds. The van der Waals surface area contributed by atoms with E-state index in [-0.39, 0.29) is 52.8 Å². The van der Waals surface area contributed by atoms with Gasteiger partial charge in [-0.2, -0.15) is 0 Å². The first kappa shape index (κ1) is 25.7. The lowest BCUT2D eigenvalue weighted by atomic mass is 9.73. The molecular formula is C32H28N2O6. The number of carbonyl (C=O) groups is 5. The number of nitrogens with one attached hydrogen (secondary N) is 1. The highest BCUT2D eigenvalue weighted by molar-refractivity contribution is 6.23. The van der Waals surface area contributed by atoms with E-state index >= 15 is 0 Å². The van der Waals surface area contributed by atoms with E-state index in [9.17, 15) is 24.0 Å². The van der Waals surface area contributed by atoms with Crippen LogP contribution in [0.25, 0.3) is 0 Å². The quantitative estimate of drug-likeness (QED) is 0.268. The number of rotatable bonds is 7. The van der Waals surface area contributed by atoms with Gasteiger partial charge in [0.15, 0.2) is 12.4 Å². The normalized spacial score (nSPS) is 24.6. The predicted molar refractivity (Wildman–Crippen MR) is 147 cm³/mol. The maximum atomic E-state index is 13.6. The second-order valence-corrected chi connectivity index (χ2v) is 10.8. The molecule has 1 N–H and O–H groups in total. The van der Waals surface area contributed by atoms with E-state index in [0.717, 1.165) is 12.8 Å². The number of benzene rings is 3. The summed E-state index contributed by atoms with van der Waals surface area (Å²) >= 11 is 0. The maximum Gasteiger partial charge on any atom is 0.338 e. The average molecular weight is 537 g/mol. The van der Waals surface area contributed by atoms with Crippen molar-refractivity contribution in [2.75, 3.05) is 16.8 Å². The van der Waals surface area contributed by atoms with Crippen molar-refractivity contribution < 1.29 is 28.7 Å². The molecule has 1 saturated heterocycles. The van der Waals surface area contributed by atoms with Crippen molar-refractivity contribution in [1.29, 1.82) is 0 Å². The number of hydrogen-bond acceptors (Lipinski definition) is 6. The molecule has 1 aliphatic heterocycles.